The maximum atomic E-state index is 13.3. The van der Waals surface area contributed by atoms with Crippen LogP contribution >= 0.6 is 11.6 Å². The van der Waals surface area contributed by atoms with Crippen LogP contribution in [0.15, 0.2) is 77.6 Å². The molecule has 0 unspecified atom stereocenters. The van der Waals surface area contributed by atoms with E-state index in [0.717, 1.165) is 32.8 Å². The highest BCUT2D eigenvalue weighted by Gasteiger charge is 2.19. The van der Waals surface area contributed by atoms with Gasteiger partial charge in [0, 0.05) is 28.1 Å². The third-order valence-electron chi connectivity index (χ3n) is 4.88. The Kier molecular flexibility index (Phi) is 3.09. The lowest BCUT2D eigenvalue weighted by Gasteiger charge is -2.09. The van der Waals surface area contributed by atoms with Crippen molar-refractivity contribution in [2.75, 3.05) is 0 Å². The highest BCUT2D eigenvalue weighted by Crippen LogP contribution is 2.35. The van der Waals surface area contributed by atoms with Crippen molar-refractivity contribution in [3.05, 3.63) is 99.3 Å². The summed E-state index contributed by atoms with van der Waals surface area (Å²) < 4.78 is 1.82. The number of hydrogen-bond donors (Lipinski definition) is 0. The molecule has 25 heavy (non-hydrogen) atoms. The molecule has 0 aliphatic rings. The monoisotopic (exact) mass is 343 g/mol. The van der Waals surface area contributed by atoms with Gasteiger partial charge in [0.05, 0.1) is 16.1 Å². The van der Waals surface area contributed by atoms with Gasteiger partial charge in [-0.2, -0.15) is 0 Å². The van der Waals surface area contributed by atoms with Crippen LogP contribution in [0.3, 0.4) is 0 Å². The maximum absolute atomic E-state index is 13.3. The maximum Gasteiger partial charge on any atom is 0.260 e. The molecule has 0 radical (unpaired) electrons. The molecule has 0 bridgehead atoms. The first kappa shape index (κ1) is 14.5. The molecule has 2 nitrogen and oxygen atoms in total. The Balaban J connectivity index is 1.95. The highest BCUT2D eigenvalue weighted by molar-refractivity contribution is 6.37. The minimum absolute atomic E-state index is 0.0289. The number of pyridine rings is 1. The number of rotatable bonds is 2. The van der Waals surface area contributed by atoms with E-state index in [1.807, 2.05) is 65.1 Å². The fraction of sp³-hybridized carbons (Fsp3) is 0.0455. The molecule has 0 aliphatic carbocycles. The molecule has 0 spiro atoms. The molecular formula is C22H14ClNO. The number of nitrogens with zero attached hydrogens (tertiary/aromatic N) is 1. The largest absolute Gasteiger partial charge is 0.275 e. The van der Waals surface area contributed by atoms with Crippen molar-refractivity contribution in [3.63, 3.8) is 0 Å². The quantitative estimate of drug-likeness (QED) is 0.427. The predicted molar refractivity (Wildman–Crippen MR) is 104 cm³/mol. The van der Waals surface area contributed by atoms with Gasteiger partial charge in [0.15, 0.2) is 0 Å². The van der Waals surface area contributed by atoms with Gasteiger partial charge in [-0.1, -0.05) is 78.3 Å². The van der Waals surface area contributed by atoms with Crippen LogP contribution in [0.25, 0.3) is 27.2 Å². The topological polar surface area (TPSA) is 21.5 Å². The molecule has 0 N–H and O–H groups in total. The van der Waals surface area contributed by atoms with Gasteiger partial charge in [-0.3, -0.25) is 9.20 Å². The number of aromatic nitrogens is 1. The van der Waals surface area contributed by atoms with Gasteiger partial charge in [-0.05, 0) is 11.6 Å². The Morgan fingerprint density at radius 1 is 0.760 bits per heavy atom. The predicted octanol–water partition coefficient (Wildman–Crippen LogP) is 5.29. The van der Waals surface area contributed by atoms with E-state index in [9.17, 15) is 4.79 Å². The molecule has 120 valence electrons. The van der Waals surface area contributed by atoms with Crippen molar-refractivity contribution in [1.82, 2.24) is 4.40 Å². The van der Waals surface area contributed by atoms with Gasteiger partial charge in [0.25, 0.3) is 5.56 Å². The van der Waals surface area contributed by atoms with Crippen LogP contribution in [0.4, 0.5) is 0 Å². The van der Waals surface area contributed by atoms with Gasteiger partial charge < -0.3 is 0 Å². The molecule has 0 amide bonds. The van der Waals surface area contributed by atoms with Crippen molar-refractivity contribution in [2.45, 2.75) is 6.42 Å². The zero-order valence-corrected chi connectivity index (χ0v) is 14.1. The molecule has 5 rings (SSSR count). The van der Waals surface area contributed by atoms with E-state index in [4.69, 9.17) is 11.6 Å². The van der Waals surface area contributed by atoms with Crippen LogP contribution in [-0.4, -0.2) is 4.40 Å². The third kappa shape index (κ3) is 2.01. The van der Waals surface area contributed by atoms with E-state index in [1.54, 1.807) is 0 Å². The van der Waals surface area contributed by atoms with E-state index >= 15 is 0 Å². The van der Waals surface area contributed by atoms with Crippen LogP contribution in [0.2, 0.25) is 5.02 Å². The van der Waals surface area contributed by atoms with E-state index in [0.29, 0.717) is 17.0 Å². The first-order valence-corrected chi connectivity index (χ1v) is 8.63. The van der Waals surface area contributed by atoms with Gasteiger partial charge in [0.1, 0.15) is 0 Å². The Labute approximate surface area is 149 Å². The summed E-state index contributed by atoms with van der Waals surface area (Å²) in [6.45, 7) is 0. The Hall–Kier alpha value is -2.84. The summed E-state index contributed by atoms with van der Waals surface area (Å²) in [5.74, 6) is 0. The molecule has 0 saturated heterocycles. The van der Waals surface area contributed by atoms with Crippen LogP contribution in [0.1, 0.15) is 11.1 Å². The van der Waals surface area contributed by atoms with Gasteiger partial charge >= 0.3 is 0 Å². The van der Waals surface area contributed by atoms with E-state index < -0.39 is 0 Å². The molecule has 5 aromatic rings. The smallest absolute Gasteiger partial charge is 0.260 e. The van der Waals surface area contributed by atoms with Gasteiger partial charge in [-0.25, -0.2) is 0 Å². The zero-order valence-electron chi connectivity index (χ0n) is 13.4. The SMILES string of the molecule is O=c1c(Cc2ccccc2)c(Cl)c2cccc3c4ccccc4n1c23. The molecule has 0 fully saturated rings. The average Bonchev–Trinajstić information content (AvgIpc) is 3.00. The summed E-state index contributed by atoms with van der Waals surface area (Å²) in [6, 6.07) is 24.1. The molecule has 0 atom stereocenters. The number of benzene rings is 3. The zero-order chi connectivity index (χ0) is 17.0. The summed E-state index contributed by atoms with van der Waals surface area (Å²) in [4.78, 5) is 13.3. The Morgan fingerprint density at radius 3 is 2.28 bits per heavy atom. The van der Waals surface area contributed by atoms with Crippen LogP contribution in [0, 0.1) is 0 Å². The molecule has 2 heterocycles. The van der Waals surface area contributed by atoms with Crippen LogP contribution in [0.5, 0.6) is 0 Å². The summed E-state index contributed by atoms with van der Waals surface area (Å²) in [5.41, 5.74) is 3.55. The second kappa shape index (κ2) is 5.33. The van der Waals surface area contributed by atoms with E-state index in [2.05, 4.69) is 12.1 Å². The lowest BCUT2D eigenvalue weighted by Crippen LogP contribution is -2.18. The van der Waals surface area contributed by atoms with E-state index in [-0.39, 0.29) is 5.56 Å². The van der Waals surface area contributed by atoms with Crippen molar-refractivity contribution >= 4 is 38.8 Å². The third-order valence-corrected chi connectivity index (χ3v) is 5.31. The van der Waals surface area contributed by atoms with Crippen molar-refractivity contribution in [2.24, 2.45) is 0 Å². The van der Waals surface area contributed by atoms with Crippen LogP contribution < -0.4 is 5.56 Å². The average molecular weight is 344 g/mol. The second-order valence-electron chi connectivity index (χ2n) is 6.31. The molecule has 2 aromatic heterocycles. The number of hydrogen-bond acceptors (Lipinski definition) is 1. The lowest BCUT2D eigenvalue weighted by molar-refractivity contribution is 1.07. The summed E-state index contributed by atoms with van der Waals surface area (Å²) in [6.07, 6.45) is 0.529. The molecule has 3 heteroatoms. The first-order valence-electron chi connectivity index (χ1n) is 8.25. The fourth-order valence-electron chi connectivity index (χ4n) is 3.75. The van der Waals surface area contributed by atoms with E-state index in [1.165, 1.54) is 0 Å². The minimum Gasteiger partial charge on any atom is -0.275 e. The highest BCUT2D eigenvalue weighted by atomic mass is 35.5. The number of para-hydroxylation sites is 2. The van der Waals surface area contributed by atoms with Crippen molar-refractivity contribution in [3.8, 4) is 0 Å². The molecule has 3 aromatic carbocycles. The molecule has 0 saturated carbocycles. The number of halogens is 1. The Morgan fingerprint density at radius 2 is 1.44 bits per heavy atom. The van der Waals surface area contributed by atoms with Crippen LogP contribution in [-0.2, 0) is 6.42 Å². The van der Waals surface area contributed by atoms with Crippen molar-refractivity contribution in [1.29, 1.82) is 0 Å². The fourth-order valence-corrected chi connectivity index (χ4v) is 4.05. The molecule has 0 aliphatic heterocycles. The first-order chi connectivity index (χ1) is 12.3. The van der Waals surface area contributed by atoms with Crippen molar-refractivity contribution < 1.29 is 0 Å². The molecular weight excluding hydrogens is 330 g/mol. The minimum atomic E-state index is -0.0289. The summed E-state index contributed by atoms with van der Waals surface area (Å²) in [5, 5.41) is 3.65. The summed E-state index contributed by atoms with van der Waals surface area (Å²) in [7, 11) is 0. The Bertz CT molecular complexity index is 1290. The van der Waals surface area contributed by atoms with Gasteiger partial charge in [0.2, 0.25) is 0 Å². The number of fused-ring (bicyclic) bond motifs is 3. The standard InChI is InChI=1S/C22H14ClNO/c23-20-17-11-6-10-16-15-9-4-5-12-19(15)24(21(16)17)22(25)18(20)13-14-7-2-1-3-8-14/h1-12H,13H2. The normalized spacial score (nSPS) is 11.7. The second-order valence-corrected chi connectivity index (χ2v) is 6.69. The lowest BCUT2D eigenvalue weighted by atomic mass is 10.0. The summed E-state index contributed by atoms with van der Waals surface area (Å²) >= 11 is 6.70. The van der Waals surface area contributed by atoms with Gasteiger partial charge in [-0.15, -0.1) is 0 Å².